The molecule has 0 aliphatic carbocycles. The van der Waals surface area contributed by atoms with Crippen molar-refractivity contribution in [1.82, 2.24) is 10.2 Å². The second-order valence-electron chi connectivity index (χ2n) is 5.87. The molecule has 1 N–H and O–H groups in total. The van der Waals surface area contributed by atoms with Gasteiger partial charge in [0.15, 0.2) is 0 Å². The van der Waals surface area contributed by atoms with Gasteiger partial charge in [0.2, 0.25) is 0 Å². The molecular weight excluding hydrogens is 255 g/mol. The van der Waals surface area contributed by atoms with Crippen molar-refractivity contribution in [2.45, 2.75) is 39.2 Å². The Kier molecular flexibility index (Phi) is 4.99. The molecule has 0 radical (unpaired) electrons. The van der Waals surface area contributed by atoms with Crippen molar-refractivity contribution in [3.63, 3.8) is 0 Å². The molecule has 3 nitrogen and oxygen atoms in total. The van der Waals surface area contributed by atoms with Crippen LogP contribution in [-0.4, -0.2) is 30.1 Å². The highest BCUT2D eigenvalue weighted by molar-refractivity contribution is 5.74. The number of hydrogen-bond donors (Lipinski definition) is 1. The normalized spacial score (nSPS) is 20.6. The number of piperidine rings is 1. The van der Waals surface area contributed by atoms with Crippen molar-refractivity contribution in [2.24, 2.45) is 5.92 Å². The predicted molar refractivity (Wildman–Crippen MR) is 78.1 cm³/mol. The zero-order valence-electron chi connectivity index (χ0n) is 12.2. The summed E-state index contributed by atoms with van der Waals surface area (Å²) in [4.78, 5) is 14.1. The summed E-state index contributed by atoms with van der Waals surface area (Å²) in [5.41, 5.74) is 1.03. The van der Waals surface area contributed by atoms with E-state index in [1.807, 2.05) is 11.8 Å². The zero-order valence-corrected chi connectivity index (χ0v) is 12.2. The molecule has 2 amide bonds. The molecule has 20 heavy (non-hydrogen) atoms. The highest BCUT2D eigenvalue weighted by Gasteiger charge is 2.21. The molecule has 1 aliphatic rings. The van der Waals surface area contributed by atoms with Crippen LogP contribution in [-0.2, 0) is 6.42 Å². The van der Waals surface area contributed by atoms with Crippen molar-refractivity contribution >= 4 is 6.03 Å². The molecule has 2 rings (SSSR count). The zero-order chi connectivity index (χ0) is 14.5. The largest absolute Gasteiger partial charge is 0.335 e. The van der Waals surface area contributed by atoms with E-state index in [9.17, 15) is 9.18 Å². The number of amides is 2. The lowest BCUT2D eigenvalue weighted by atomic mass is 10.0. The summed E-state index contributed by atoms with van der Waals surface area (Å²) in [6.45, 7) is 5.85. The Bertz CT molecular complexity index is 446. The number of hydrogen-bond acceptors (Lipinski definition) is 1. The number of rotatable bonds is 3. The van der Waals surface area contributed by atoms with Gasteiger partial charge in [0.25, 0.3) is 0 Å². The molecule has 1 heterocycles. The number of halogens is 1. The van der Waals surface area contributed by atoms with Crippen LogP contribution in [0.15, 0.2) is 24.3 Å². The third-order valence-electron chi connectivity index (χ3n) is 3.77. The minimum atomic E-state index is -0.229. The van der Waals surface area contributed by atoms with Gasteiger partial charge in [0.1, 0.15) is 5.82 Å². The van der Waals surface area contributed by atoms with E-state index in [0.29, 0.717) is 5.92 Å². The number of nitrogens with one attached hydrogen (secondary N) is 1. The number of likely N-dealkylation sites (tertiary alicyclic amines) is 1. The molecule has 0 aromatic heterocycles. The summed E-state index contributed by atoms with van der Waals surface area (Å²) in [5.74, 6) is 0.356. The van der Waals surface area contributed by atoms with Gasteiger partial charge >= 0.3 is 6.03 Å². The highest BCUT2D eigenvalue weighted by Crippen LogP contribution is 2.15. The lowest BCUT2D eigenvalue weighted by Crippen LogP contribution is -2.48. The Morgan fingerprint density at radius 2 is 2.15 bits per heavy atom. The van der Waals surface area contributed by atoms with E-state index >= 15 is 0 Å². The predicted octanol–water partition coefficient (Wildman–Crippen LogP) is 3.20. The van der Waals surface area contributed by atoms with Gasteiger partial charge in [-0.15, -0.1) is 0 Å². The van der Waals surface area contributed by atoms with Gasteiger partial charge in [0.05, 0.1) is 0 Å². The third-order valence-corrected chi connectivity index (χ3v) is 3.77. The minimum absolute atomic E-state index is 0.0196. The fourth-order valence-electron chi connectivity index (χ4n) is 2.70. The minimum Gasteiger partial charge on any atom is -0.335 e. The van der Waals surface area contributed by atoms with Crippen LogP contribution in [0.3, 0.4) is 0 Å². The quantitative estimate of drug-likeness (QED) is 0.904. The number of carbonyl (C=O) groups is 1. The summed E-state index contributed by atoms with van der Waals surface area (Å²) in [6.07, 6.45) is 3.01. The molecule has 110 valence electrons. The Balaban J connectivity index is 1.82. The van der Waals surface area contributed by atoms with Crippen LogP contribution in [0.1, 0.15) is 32.3 Å². The number of urea groups is 1. The average Bonchev–Trinajstić information content (AvgIpc) is 2.41. The lowest BCUT2D eigenvalue weighted by molar-refractivity contribution is 0.167. The summed E-state index contributed by atoms with van der Waals surface area (Å²) >= 11 is 0. The van der Waals surface area contributed by atoms with Gasteiger partial charge in [-0.1, -0.05) is 19.1 Å². The van der Waals surface area contributed by atoms with Gasteiger partial charge in [-0.25, -0.2) is 9.18 Å². The molecule has 2 unspecified atom stereocenters. The van der Waals surface area contributed by atoms with Gasteiger partial charge in [-0.2, -0.15) is 0 Å². The van der Waals surface area contributed by atoms with Crippen molar-refractivity contribution in [3.05, 3.63) is 35.6 Å². The molecule has 1 fully saturated rings. The maximum atomic E-state index is 12.8. The highest BCUT2D eigenvalue weighted by atomic mass is 19.1. The third kappa shape index (κ3) is 4.22. The molecule has 1 aromatic carbocycles. The fourth-order valence-corrected chi connectivity index (χ4v) is 2.70. The molecule has 1 saturated heterocycles. The Labute approximate surface area is 120 Å². The summed E-state index contributed by atoms with van der Waals surface area (Å²) in [5, 5.41) is 3.03. The van der Waals surface area contributed by atoms with Crippen LogP contribution in [0.5, 0.6) is 0 Å². The maximum Gasteiger partial charge on any atom is 0.317 e. The van der Waals surface area contributed by atoms with Crippen LogP contribution in [0.4, 0.5) is 9.18 Å². The monoisotopic (exact) mass is 278 g/mol. The Morgan fingerprint density at radius 3 is 2.80 bits per heavy atom. The van der Waals surface area contributed by atoms with Crippen LogP contribution in [0.25, 0.3) is 0 Å². The number of carbonyl (C=O) groups excluding carboxylic acids is 1. The Hall–Kier alpha value is -1.58. The van der Waals surface area contributed by atoms with Crippen LogP contribution in [0.2, 0.25) is 0 Å². The first-order valence-electron chi connectivity index (χ1n) is 7.34. The van der Waals surface area contributed by atoms with Crippen LogP contribution in [0, 0.1) is 11.7 Å². The topological polar surface area (TPSA) is 32.3 Å². The number of nitrogens with zero attached hydrogens (tertiary/aromatic N) is 1. The van der Waals surface area contributed by atoms with Gasteiger partial charge in [-0.05, 0) is 49.8 Å². The van der Waals surface area contributed by atoms with Gasteiger partial charge in [0, 0.05) is 19.1 Å². The molecule has 0 saturated carbocycles. The van der Waals surface area contributed by atoms with Gasteiger partial charge < -0.3 is 10.2 Å². The van der Waals surface area contributed by atoms with E-state index in [4.69, 9.17) is 0 Å². The van der Waals surface area contributed by atoms with Crippen molar-refractivity contribution < 1.29 is 9.18 Å². The van der Waals surface area contributed by atoms with E-state index in [-0.39, 0.29) is 17.9 Å². The van der Waals surface area contributed by atoms with Crippen molar-refractivity contribution in [2.75, 3.05) is 13.1 Å². The van der Waals surface area contributed by atoms with Gasteiger partial charge in [-0.3, -0.25) is 0 Å². The van der Waals surface area contributed by atoms with Crippen molar-refractivity contribution in [1.29, 1.82) is 0 Å². The fraction of sp³-hybridized carbons (Fsp3) is 0.562. The second kappa shape index (κ2) is 6.73. The molecule has 1 aliphatic heterocycles. The standard InChI is InChI=1S/C16H23FN2O/c1-12-4-3-9-19(11-12)16(20)18-13(2)10-14-5-7-15(17)8-6-14/h5-8,12-13H,3-4,9-11H2,1-2H3,(H,18,20). The van der Waals surface area contributed by atoms with E-state index in [1.165, 1.54) is 18.6 Å². The first-order chi connectivity index (χ1) is 9.54. The summed E-state index contributed by atoms with van der Waals surface area (Å²) < 4.78 is 12.8. The lowest BCUT2D eigenvalue weighted by Gasteiger charge is -2.32. The first kappa shape index (κ1) is 14.8. The van der Waals surface area contributed by atoms with Crippen LogP contribution >= 0.6 is 0 Å². The van der Waals surface area contributed by atoms with Crippen LogP contribution < -0.4 is 5.32 Å². The van der Waals surface area contributed by atoms with E-state index < -0.39 is 0 Å². The summed E-state index contributed by atoms with van der Waals surface area (Å²) in [7, 11) is 0. The molecule has 1 aromatic rings. The molecule has 0 spiro atoms. The average molecular weight is 278 g/mol. The van der Waals surface area contributed by atoms with Crippen molar-refractivity contribution in [3.8, 4) is 0 Å². The maximum absolute atomic E-state index is 12.8. The smallest absolute Gasteiger partial charge is 0.317 e. The second-order valence-corrected chi connectivity index (χ2v) is 5.87. The SMILES string of the molecule is CC1CCCN(C(=O)NC(C)Cc2ccc(F)cc2)C1. The van der Waals surface area contributed by atoms with E-state index in [1.54, 1.807) is 12.1 Å². The molecule has 2 atom stereocenters. The first-order valence-corrected chi connectivity index (χ1v) is 7.34. The van der Waals surface area contributed by atoms with E-state index in [0.717, 1.165) is 31.5 Å². The van der Waals surface area contributed by atoms with E-state index in [2.05, 4.69) is 12.2 Å². The summed E-state index contributed by atoms with van der Waals surface area (Å²) in [6, 6.07) is 6.50. The number of benzene rings is 1. The molecule has 4 heteroatoms. The molecule has 0 bridgehead atoms. The molecular formula is C16H23FN2O. The Morgan fingerprint density at radius 1 is 1.45 bits per heavy atom.